The van der Waals surface area contributed by atoms with E-state index in [0.717, 1.165) is 17.7 Å². The first-order chi connectivity index (χ1) is 9.20. The minimum absolute atomic E-state index is 0.0556. The van der Waals surface area contributed by atoms with Crippen molar-refractivity contribution < 1.29 is 9.59 Å². The number of hydrogen-bond donors (Lipinski definition) is 1. The average Bonchev–Trinajstić information content (AvgIpc) is 2.63. The Balaban J connectivity index is 2.13. The van der Waals surface area contributed by atoms with E-state index in [2.05, 4.69) is 5.32 Å². The summed E-state index contributed by atoms with van der Waals surface area (Å²) in [6, 6.07) is 7.65. The lowest BCUT2D eigenvalue weighted by atomic mass is 10.1. The van der Waals surface area contributed by atoms with Crippen LogP contribution < -0.4 is 5.32 Å². The zero-order chi connectivity index (χ0) is 13.7. The fraction of sp³-hybridized carbons (Fsp3) is 0.429. The summed E-state index contributed by atoms with van der Waals surface area (Å²) in [6.45, 7) is 1.44. The highest BCUT2D eigenvalue weighted by Gasteiger charge is 2.20. The van der Waals surface area contributed by atoms with Gasteiger partial charge in [0.2, 0.25) is 5.91 Å². The summed E-state index contributed by atoms with van der Waals surface area (Å²) in [7, 11) is 0. The van der Waals surface area contributed by atoms with Gasteiger partial charge in [-0.05, 0) is 30.4 Å². The monoisotopic (exact) mass is 278 g/mol. The Bertz CT molecular complexity index is 476. The summed E-state index contributed by atoms with van der Waals surface area (Å²) < 4.78 is 0. The molecule has 1 heterocycles. The molecule has 1 aliphatic heterocycles. The molecule has 1 fully saturated rings. The molecule has 0 aliphatic carbocycles. The standard InChI is InChI=1S/C14H18N2O2S/c1-19-10-11-4-2-5-12(8-11)14(18)16-7-3-6-15-13(17)9-16/h2,4-5,8H,3,6-7,9-10H2,1H3,(H,15,17). The first-order valence-electron chi connectivity index (χ1n) is 6.34. The van der Waals surface area contributed by atoms with E-state index in [1.807, 2.05) is 30.5 Å². The van der Waals surface area contributed by atoms with Gasteiger partial charge in [-0.25, -0.2) is 0 Å². The molecule has 0 radical (unpaired) electrons. The molecule has 0 spiro atoms. The highest BCUT2D eigenvalue weighted by atomic mass is 32.2. The number of nitrogens with one attached hydrogen (secondary N) is 1. The zero-order valence-corrected chi connectivity index (χ0v) is 11.8. The van der Waals surface area contributed by atoms with Crippen molar-refractivity contribution in [3.8, 4) is 0 Å². The molecule has 19 heavy (non-hydrogen) atoms. The third-order valence-corrected chi connectivity index (χ3v) is 3.66. The largest absolute Gasteiger partial charge is 0.354 e. The van der Waals surface area contributed by atoms with Gasteiger partial charge >= 0.3 is 0 Å². The number of hydrogen-bond acceptors (Lipinski definition) is 3. The normalized spacial score (nSPS) is 15.8. The lowest BCUT2D eigenvalue weighted by molar-refractivity contribution is -0.121. The van der Waals surface area contributed by atoms with E-state index < -0.39 is 0 Å². The van der Waals surface area contributed by atoms with Crippen molar-refractivity contribution in [1.82, 2.24) is 10.2 Å². The second-order valence-electron chi connectivity index (χ2n) is 4.56. The van der Waals surface area contributed by atoms with Gasteiger partial charge in [0.05, 0.1) is 6.54 Å². The summed E-state index contributed by atoms with van der Waals surface area (Å²) in [5.41, 5.74) is 1.80. The fourth-order valence-electron chi connectivity index (χ4n) is 2.12. The van der Waals surface area contributed by atoms with E-state index in [1.54, 1.807) is 16.7 Å². The van der Waals surface area contributed by atoms with Crippen LogP contribution in [-0.4, -0.2) is 42.6 Å². The predicted octanol–water partition coefficient (Wildman–Crippen LogP) is 1.51. The van der Waals surface area contributed by atoms with Crippen molar-refractivity contribution in [2.24, 2.45) is 0 Å². The first-order valence-corrected chi connectivity index (χ1v) is 7.74. The van der Waals surface area contributed by atoms with Gasteiger partial charge in [0.15, 0.2) is 0 Å². The van der Waals surface area contributed by atoms with Gasteiger partial charge < -0.3 is 10.2 Å². The van der Waals surface area contributed by atoms with Gasteiger partial charge in [-0.2, -0.15) is 11.8 Å². The van der Waals surface area contributed by atoms with Gasteiger partial charge in [-0.3, -0.25) is 9.59 Å². The summed E-state index contributed by atoms with van der Waals surface area (Å²) in [5.74, 6) is 0.757. The summed E-state index contributed by atoms with van der Waals surface area (Å²) in [4.78, 5) is 25.5. The smallest absolute Gasteiger partial charge is 0.254 e. The van der Waals surface area contributed by atoms with E-state index in [9.17, 15) is 9.59 Å². The molecule has 0 aromatic heterocycles. The molecule has 0 bridgehead atoms. The number of amides is 2. The molecule has 102 valence electrons. The lowest BCUT2D eigenvalue weighted by Crippen LogP contribution is -2.37. The van der Waals surface area contributed by atoms with Crippen LogP contribution in [0.25, 0.3) is 0 Å². The third-order valence-electron chi connectivity index (χ3n) is 3.03. The van der Waals surface area contributed by atoms with Crippen LogP contribution in [0.2, 0.25) is 0 Å². The highest BCUT2D eigenvalue weighted by molar-refractivity contribution is 7.97. The molecule has 1 aliphatic rings. The van der Waals surface area contributed by atoms with Crippen molar-refractivity contribution in [2.45, 2.75) is 12.2 Å². The number of carbonyl (C=O) groups excluding carboxylic acids is 2. The molecule has 0 atom stereocenters. The molecule has 0 unspecified atom stereocenters. The maximum absolute atomic E-state index is 12.4. The highest BCUT2D eigenvalue weighted by Crippen LogP contribution is 2.13. The Morgan fingerprint density at radius 2 is 2.32 bits per heavy atom. The number of carbonyl (C=O) groups is 2. The molecule has 4 nitrogen and oxygen atoms in total. The second-order valence-corrected chi connectivity index (χ2v) is 5.43. The molecule has 1 aromatic carbocycles. The van der Waals surface area contributed by atoms with Crippen LogP contribution in [0.4, 0.5) is 0 Å². The van der Waals surface area contributed by atoms with Crippen LogP contribution in [-0.2, 0) is 10.5 Å². The molecule has 1 aromatic rings. The van der Waals surface area contributed by atoms with Crippen molar-refractivity contribution in [1.29, 1.82) is 0 Å². The predicted molar refractivity (Wildman–Crippen MR) is 77.2 cm³/mol. The minimum atomic E-state index is -0.0777. The molecular weight excluding hydrogens is 260 g/mol. The van der Waals surface area contributed by atoms with Crippen LogP contribution >= 0.6 is 11.8 Å². The molecule has 5 heteroatoms. The summed E-state index contributed by atoms with van der Waals surface area (Å²) in [6.07, 6.45) is 2.84. The molecule has 2 amide bonds. The van der Waals surface area contributed by atoms with Gasteiger partial charge in [-0.15, -0.1) is 0 Å². The van der Waals surface area contributed by atoms with Gasteiger partial charge in [-0.1, -0.05) is 12.1 Å². The third kappa shape index (κ3) is 3.73. The molecule has 1 saturated heterocycles. The van der Waals surface area contributed by atoms with E-state index >= 15 is 0 Å². The van der Waals surface area contributed by atoms with E-state index in [0.29, 0.717) is 18.7 Å². The number of benzene rings is 1. The maximum atomic E-state index is 12.4. The van der Waals surface area contributed by atoms with Crippen LogP contribution in [0.1, 0.15) is 22.3 Å². The lowest BCUT2D eigenvalue weighted by Gasteiger charge is -2.19. The molecule has 0 saturated carbocycles. The van der Waals surface area contributed by atoms with Crippen molar-refractivity contribution in [3.05, 3.63) is 35.4 Å². The van der Waals surface area contributed by atoms with Crippen LogP contribution in [0, 0.1) is 0 Å². The Morgan fingerprint density at radius 3 is 3.11 bits per heavy atom. The van der Waals surface area contributed by atoms with Crippen LogP contribution in [0.15, 0.2) is 24.3 Å². The Hall–Kier alpha value is -1.49. The summed E-state index contributed by atoms with van der Waals surface area (Å²) >= 11 is 1.73. The van der Waals surface area contributed by atoms with E-state index in [4.69, 9.17) is 0 Å². The minimum Gasteiger partial charge on any atom is -0.354 e. The zero-order valence-electron chi connectivity index (χ0n) is 11.0. The molecular formula is C14H18N2O2S. The Kier molecular flexibility index (Phi) is 4.85. The molecule has 2 rings (SSSR count). The van der Waals surface area contributed by atoms with E-state index in [-0.39, 0.29) is 18.4 Å². The van der Waals surface area contributed by atoms with Crippen LogP contribution in [0.5, 0.6) is 0 Å². The maximum Gasteiger partial charge on any atom is 0.254 e. The number of rotatable bonds is 3. The SMILES string of the molecule is CSCc1cccc(C(=O)N2CCCNC(=O)C2)c1. The van der Waals surface area contributed by atoms with Crippen molar-refractivity contribution in [2.75, 3.05) is 25.9 Å². The molecule has 1 N–H and O–H groups in total. The van der Waals surface area contributed by atoms with E-state index in [1.165, 1.54) is 0 Å². The van der Waals surface area contributed by atoms with Crippen LogP contribution in [0.3, 0.4) is 0 Å². The second kappa shape index (κ2) is 6.61. The summed E-state index contributed by atoms with van der Waals surface area (Å²) in [5, 5.41) is 2.78. The fourth-order valence-corrected chi connectivity index (χ4v) is 2.64. The first kappa shape index (κ1) is 13.9. The average molecular weight is 278 g/mol. The number of nitrogens with zero attached hydrogens (tertiary/aromatic N) is 1. The Labute approximate surface area is 117 Å². The van der Waals surface area contributed by atoms with Crippen molar-refractivity contribution >= 4 is 23.6 Å². The topological polar surface area (TPSA) is 49.4 Å². The quantitative estimate of drug-likeness (QED) is 0.912. The van der Waals surface area contributed by atoms with Gasteiger partial charge in [0.25, 0.3) is 5.91 Å². The van der Waals surface area contributed by atoms with Gasteiger partial charge in [0, 0.05) is 24.4 Å². The Morgan fingerprint density at radius 1 is 1.47 bits per heavy atom. The van der Waals surface area contributed by atoms with Crippen molar-refractivity contribution in [3.63, 3.8) is 0 Å². The number of thioether (sulfide) groups is 1. The van der Waals surface area contributed by atoms with Gasteiger partial charge in [0.1, 0.15) is 0 Å².